The maximum atomic E-state index is 12.0. The van der Waals surface area contributed by atoms with Gasteiger partial charge in [-0.1, -0.05) is 19.0 Å². The van der Waals surface area contributed by atoms with Gasteiger partial charge in [-0.05, 0) is 19.3 Å². The van der Waals surface area contributed by atoms with Crippen molar-refractivity contribution in [2.24, 2.45) is 10.9 Å². The lowest BCUT2D eigenvalue weighted by Crippen LogP contribution is -2.31. The number of aliphatic imine (C=N–C) groups is 1. The number of amides is 1. The fourth-order valence-electron chi connectivity index (χ4n) is 1.68. The lowest BCUT2D eigenvalue weighted by Gasteiger charge is -2.12. The lowest BCUT2D eigenvalue weighted by atomic mass is 10.0. The molecule has 0 aromatic carbocycles. The molecule has 1 aromatic heterocycles. The normalized spacial score (nSPS) is 20.1. The summed E-state index contributed by atoms with van der Waals surface area (Å²) in [7, 11) is 0. The van der Waals surface area contributed by atoms with Gasteiger partial charge in [-0.2, -0.15) is 0 Å². The van der Waals surface area contributed by atoms with E-state index in [0.717, 1.165) is 6.42 Å². The van der Waals surface area contributed by atoms with E-state index in [2.05, 4.69) is 24.0 Å². The molecule has 2 rings (SSSR count). The summed E-state index contributed by atoms with van der Waals surface area (Å²) < 4.78 is 4.94. The van der Waals surface area contributed by atoms with Gasteiger partial charge in [0.25, 0.3) is 5.91 Å². The molecule has 0 saturated carbocycles. The van der Waals surface area contributed by atoms with E-state index in [0.29, 0.717) is 17.5 Å². The van der Waals surface area contributed by atoms with Gasteiger partial charge in [0.05, 0.1) is 6.34 Å². The molecule has 0 aliphatic carbocycles. The number of hydrogen-bond donors (Lipinski definition) is 0. The maximum Gasteiger partial charge on any atom is 0.258 e. The third-order valence-electron chi connectivity index (χ3n) is 2.44. The molecular weight excluding hydrogens is 206 g/mol. The van der Waals surface area contributed by atoms with Crippen LogP contribution < -0.4 is 4.90 Å². The van der Waals surface area contributed by atoms with Gasteiger partial charge in [0.15, 0.2) is 5.82 Å². The van der Waals surface area contributed by atoms with Crippen LogP contribution in [0.25, 0.3) is 0 Å². The van der Waals surface area contributed by atoms with E-state index < -0.39 is 0 Å². The largest absolute Gasteiger partial charge is 0.360 e. The first-order valence-electron chi connectivity index (χ1n) is 5.37. The number of nitrogens with zero attached hydrogens (tertiary/aromatic N) is 3. The van der Waals surface area contributed by atoms with Crippen LogP contribution in [0, 0.1) is 12.8 Å². The summed E-state index contributed by atoms with van der Waals surface area (Å²) in [6.45, 7) is 5.94. The Balaban J connectivity index is 2.11. The highest BCUT2D eigenvalue weighted by Gasteiger charge is 2.31. The molecule has 5 nitrogen and oxygen atoms in total. The fraction of sp³-hybridized carbons (Fsp3) is 0.545. The first-order valence-corrected chi connectivity index (χ1v) is 5.37. The molecule has 1 amide bonds. The molecule has 0 fully saturated rings. The van der Waals surface area contributed by atoms with Crippen molar-refractivity contribution < 1.29 is 9.32 Å². The van der Waals surface area contributed by atoms with Gasteiger partial charge in [-0.15, -0.1) is 0 Å². The summed E-state index contributed by atoms with van der Waals surface area (Å²) in [5, 5.41) is 3.80. The molecule has 2 heterocycles. The van der Waals surface area contributed by atoms with E-state index in [9.17, 15) is 4.79 Å². The molecule has 1 aromatic rings. The number of aryl methyl sites for hydroxylation is 1. The number of anilines is 1. The molecule has 1 aliphatic heterocycles. The van der Waals surface area contributed by atoms with Gasteiger partial charge < -0.3 is 4.52 Å². The predicted octanol–water partition coefficient (Wildman–Crippen LogP) is 1.77. The third-order valence-corrected chi connectivity index (χ3v) is 2.44. The van der Waals surface area contributed by atoms with Crippen LogP contribution in [-0.2, 0) is 4.79 Å². The van der Waals surface area contributed by atoms with Crippen molar-refractivity contribution in [3.05, 3.63) is 11.8 Å². The molecule has 1 atom stereocenters. The van der Waals surface area contributed by atoms with Gasteiger partial charge in [0, 0.05) is 6.07 Å². The van der Waals surface area contributed by atoms with Crippen molar-refractivity contribution in [2.45, 2.75) is 33.2 Å². The molecule has 0 radical (unpaired) electrons. The molecule has 0 N–H and O–H groups in total. The summed E-state index contributed by atoms with van der Waals surface area (Å²) in [6.07, 6.45) is 2.30. The van der Waals surface area contributed by atoms with E-state index in [1.807, 2.05) is 0 Å². The summed E-state index contributed by atoms with van der Waals surface area (Å²) in [5.74, 6) is 1.62. The minimum absolute atomic E-state index is 0.0259. The topological polar surface area (TPSA) is 58.7 Å². The summed E-state index contributed by atoms with van der Waals surface area (Å²) >= 11 is 0. The Hall–Kier alpha value is -1.65. The highest BCUT2D eigenvalue weighted by molar-refractivity contribution is 6.14. The Labute approximate surface area is 94.1 Å². The zero-order chi connectivity index (χ0) is 11.7. The van der Waals surface area contributed by atoms with Crippen LogP contribution in [0.1, 0.15) is 26.0 Å². The van der Waals surface area contributed by atoms with E-state index >= 15 is 0 Å². The van der Waals surface area contributed by atoms with Gasteiger partial charge >= 0.3 is 0 Å². The fourth-order valence-corrected chi connectivity index (χ4v) is 1.68. The minimum atomic E-state index is -0.267. The number of hydrogen-bond acceptors (Lipinski definition) is 4. The van der Waals surface area contributed by atoms with Crippen molar-refractivity contribution in [3.8, 4) is 0 Å². The summed E-state index contributed by atoms with van der Waals surface area (Å²) in [6, 6.07) is 1.46. The third kappa shape index (κ3) is 1.98. The number of rotatable bonds is 3. The van der Waals surface area contributed by atoms with Crippen LogP contribution in [0.5, 0.6) is 0 Å². The van der Waals surface area contributed by atoms with E-state index in [-0.39, 0.29) is 11.9 Å². The molecule has 1 aliphatic rings. The zero-order valence-electron chi connectivity index (χ0n) is 9.67. The van der Waals surface area contributed by atoms with Crippen LogP contribution >= 0.6 is 0 Å². The Kier molecular flexibility index (Phi) is 2.77. The lowest BCUT2D eigenvalue weighted by molar-refractivity contribution is -0.118. The van der Waals surface area contributed by atoms with Crippen molar-refractivity contribution in [3.63, 3.8) is 0 Å². The Morgan fingerprint density at radius 2 is 2.31 bits per heavy atom. The highest BCUT2D eigenvalue weighted by atomic mass is 16.5. The van der Waals surface area contributed by atoms with E-state index in [1.54, 1.807) is 13.0 Å². The smallest absolute Gasteiger partial charge is 0.258 e. The quantitative estimate of drug-likeness (QED) is 0.781. The van der Waals surface area contributed by atoms with E-state index in [4.69, 9.17) is 4.52 Å². The Morgan fingerprint density at radius 3 is 2.88 bits per heavy atom. The molecule has 5 heteroatoms. The number of carbonyl (C=O) groups excluding carboxylic acids is 1. The maximum absolute atomic E-state index is 12.0. The van der Waals surface area contributed by atoms with Crippen LogP contribution in [0.4, 0.5) is 5.82 Å². The monoisotopic (exact) mass is 221 g/mol. The van der Waals surface area contributed by atoms with Crippen LogP contribution in [0.3, 0.4) is 0 Å². The molecule has 1 unspecified atom stereocenters. The van der Waals surface area contributed by atoms with Crippen LogP contribution in [0.2, 0.25) is 0 Å². The van der Waals surface area contributed by atoms with Crippen molar-refractivity contribution in [1.29, 1.82) is 0 Å². The second-order valence-electron chi connectivity index (χ2n) is 4.41. The van der Waals surface area contributed by atoms with Crippen molar-refractivity contribution in [1.82, 2.24) is 5.16 Å². The zero-order valence-corrected chi connectivity index (χ0v) is 9.67. The first kappa shape index (κ1) is 10.9. The van der Waals surface area contributed by atoms with Crippen molar-refractivity contribution >= 4 is 18.1 Å². The van der Waals surface area contributed by atoms with E-state index in [1.165, 1.54) is 11.2 Å². The van der Waals surface area contributed by atoms with Gasteiger partial charge in [0.1, 0.15) is 11.8 Å². The van der Waals surface area contributed by atoms with Gasteiger partial charge in [-0.3, -0.25) is 14.7 Å². The van der Waals surface area contributed by atoms with Crippen molar-refractivity contribution in [2.75, 3.05) is 4.90 Å². The molecule has 0 saturated heterocycles. The summed E-state index contributed by atoms with van der Waals surface area (Å²) in [5.41, 5.74) is 0. The first-order chi connectivity index (χ1) is 7.58. The second kappa shape index (κ2) is 4.08. The molecule has 0 bridgehead atoms. The second-order valence-corrected chi connectivity index (χ2v) is 4.41. The molecular formula is C11H15N3O2. The predicted molar refractivity (Wildman–Crippen MR) is 60.5 cm³/mol. The molecule has 86 valence electrons. The minimum Gasteiger partial charge on any atom is -0.360 e. The van der Waals surface area contributed by atoms with Crippen LogP contribution in [0.15, 0.2) is 15.6 Å². The number of carbonyl (C=O) groups is 1. The number of aromatic nitrogens is 1. The Bertz CT molecular complexity index is 423. The summed E-state index contributed by atoms with van der Waals surface area (Å²) in [4.78, 5) is 17.6. The Morgan fingerprint density at radius 1 is 1.56 bits per heavy atom. The average Bonchev–Trinajstić information content (AvgIpc) is 2.74. The molecule has 16 heavy (non-hydrogen) atoms. The average molecular weight is 221 g/mol. The van der Waals surface area contributed by atoms with Crippen LogP contribution in [-0.4, -0.2) is 23.4 Å². The van der Waals surface area contributed by atoms with Gasteiger partial charge in [-0.25, -0.2) is 0 Å². The SMILES string of the molecule is Cc1cc(N2C=NC(CC(C)C)C2=O)no1. The molecule has 0 spiro atoms. The van der Waals surface area contributed by atoms with Gasteiger partial charge in [0.2, 0.25) is 0 Å². The highest BCUT2D eigenvalue weighted by Crippen LogP contribution is 2.21. The standard InChI is InChI=1S/C11H15N3O2/c1-7(2)4-9-11(15)14(6-12-9)10-5-8(3)16-13-10/h5-7,9H,4H2,1-3H3.